The van der Waals surface area contributed by atoms with Crippen LogP contribution < -0.4 is 10.6 Å². The van der Waals surface area contributed by atoms with E-state index in [1.165, 1.54) is 6.08 Å². The van der Waals surface area contributed by atoms with Crippen LogP contribution in [0.4, 0.5) is 9.59 Å². The Bertz CT molecular complexity index is 1040. The molecule has 3 unspecified atom stereocenters. The highest BCUT2D eigenvalue weighted by Crippen LogP contribution is 2.55. The molecule has 0 aromatic carbocycles. The maximum Gasteiger partial charge on any atom is 0.407 e. The van der Waals surface area contributed by atoms with E-state index in [1.807, 2.05) is 0 Å². The highest BCUT2D eigenvalue weighted by atomic mass is 16.6. The van der Waals surface area contributed by atoms with E-state index in [1.54, 1.807) is 13.8 Å². The zero-order chi connectivity index (χ0) is 31.2. The Kier molecular flexibility index (Phi) is 13.3. The fourth-order valence-electron chi connectivity index (χ4n) is 4.29. The molecule has 0 spiro atoms. The lowest BCUT2D eigenvalue weighted by Crippen LogP contribution is -2.49. The van der Waals surface area contributed by atoms with Crippen molar-refractivity contribution in [1.82, 2.24) is 10.6 Å². The van der Waals surface area contributed by atoms with Crippen molar-refractivity contribution in [1.29, 1.82) is 0 Å². The largest absolute Gasteiger partial charge is 0.465 e. The molecule has 42 heavy (non-hydrogen) atoms. The van der Waals surface area contributed by atoms with Crippen LogP contribution >= 0.6 is 0 Å². The van der Waals surface area contributed by atoms with Gasteiger partial charge in [-0.3, -0.25) is 19.2 Å². The summed E-state index contributed by atoms with van der Waals surface area (Å²) in [6.07, 6.45) is 2.20. The monoisotopic (exact) mass is 596 g/mol. The average Bonchev–Trinajstić information content (AvgIpc) is 3.71. The van der Waals surface area contributed by atoms with Crippen molar-refractivity contribution in [3.63, 3.8) is 0 Å². The summed E-state index contributed by atoms with van der Waals surface area (Å²) in [6, 6.07) is 0. The van der Waals surface area contributed by atoms with E-state index in [0.29, 0.717) is 24.8 Å². The first kappa shape index (κ1) is 34.1. The molecule has 0 saturated heterocycles. The minimum Gasteiger partial charge on any atom is -0.465 e. The van der Waals surface area contributed by atoms with Gasteiger partial charge >= 0.3 is 36.1 Å². The fourth-order valence-corrected chi connectivity index (χ4v) is 4.29. The Balaban J connectivity index is 1.49. The Labute approximate surface area is 244 Å². The molecule has 0 radical (unpaired) electrons. The van der Waals surface area contributed by atoms with Crippen molar-refractivity contribution >= 4 is 36.1 Å². The van der Waals surface area contributed by atoms with Crippen LogP contribution in [0.25, 0.3) is 0 Å². The number of hydrogen-bond donors (Lipinski definition) is 2. The second-order valence-corrected chi connectivity index (χ2v) is 9.57. The second-order valence-electron chi connectivity index (χ2n) is 9.57. The first-order valence-electron chi connectivity index (χ1n) is 13.9. The Hall–Kier alpha value is -4.10. The van der Waals surface area contributed by atoms with Gasteiger partial charge in [-0.05, 0) is 51.5 Å². The standard InChI is InChI=1S/C28H40N2O12/c1-5-20-18-28(20,23(33)38-7-3)24(34)40-15-17-42-26(36)30-13-9-8-12-29-25(35)41-16-14-39-22(32)27(11-10-19(27)4)21(31)37-6-2/h5,20H,1,4,6-18H2,2-3H3,(H,29,35)(H,30,36). The molecule has 234 valence electrons. The Morgan fingerprint density at radius 2 is 1.21 bits per heavy atom. The summed E-state index contributed by atoms with van der Waals surface area (Å²) < 4.78 is 30.0. The van der Waals surface area contributed by atoms with Crippen LogP contribution in [0.5, 0.6) is 0 Å². The molecule has 0 bridgehead atoms. The number of unbranched alkanes of at least 4 members (excludes halogenated alkanes) is 1. The van der Waals surface area contributed by atoms with Crippen LogP contribution in [0.3, 0.4) is 0 Å². The molecule has 2 rings (SSSR count). The van der Waals surface area contributed by atoms with Crippen LogP contribution in [0, 0.1) is 16.7 Å². The predicted molar refractivity (Wildman–Crippen MR) is 145 cm³/mol. The lowest BCUT2D eigenvalue weighted by Gasteiger charge is -2.38. The summed E-state index contributed by atoms with van der Waals surface area (Å²) in [5, 5.41) is 5.05. The van der Waals surface area contributed by atoms with Crippen molar-refractivity contribution in [2.45, 2.75) is 46.0 Å². The van der Waals surface area contributed by atoms with Gasteiger partial charge in [-0.25, -0.2) is 9.59 Å². The van der Waals surface area contributed by atoms with E-state index >= 15 is 0 Å². The highest BCUT2D eigenvalue weighted by molar-refractivity contribution is 6.05. The molecule has 14 nitrogen and oxygen atoms in total. The van der Waals surface area contributed by atoms with E-state index in [9.17, 15) is 28.8 Å². The molecular weight excluding hydrogens is 556 g/mol. The molecule has 2 N–H and O–H groups in total. The zero-order valence-corrected chi connectivity index (χ0v) is 24.2. The smallest absolute Gasteiger partial charge is 0.407 e. The first-order valence-corrected chi connectivity index (χ1v) is 13.9. The highest BCUT2D eigenvalue weighted by Gasteiger charge is 2.67. The topological polar surface area (TPSA) is 182 Å². The minimum atomic E-state index is -1.48. The van der Waals surface area contributed by atoms with Gasteiger partial charge in [0.2, 0.25) is 0 Å². The number of carbonyl (C=O) groups excluding carboxylic acids is 6. The van der Waals surface area contributed by atoms with Crippen LogP contribution in [-0.2, 0) is 47.6 Å². The maximum absolute atomic E-state index is 12.4. The summed E-state index contributed by atoms with van der Waals surface area (Å²) in [4.78, 5) is 72.7. The quantitative estimate of drug-likeness (QED) is 0.0773. The van der Waals surface area contributed by atoms with Crippen molar-refractivity contribution in [3.05, 3.63) is 24.8 Å². The van der Waals surface area contributed by atoms with E-state index < -0.39 is 46.9 Å². The van der Waals surface area contributed by atoms with Crippen molar-refractivity contribution in [3.8, 4) is 0 Å². The molecule has 14 heteroatoms. The van der Waals surface area contributed by atoms with Gasteiger partial charge in [-0.2, -0.15) is 0 Å². The van der Waals surface area contributed by atoms with E-state index in [-0.39, 0.29) is 71.5 Å². The average molecular weight is 597 g/mol. The lowest BCUT2D eigenvalue weighted by molar-refractivity contribution is -0.173. The number of allylic oxidation sites excluding steroid dienone is 1. The van der Waals surface area contributed by atoms with Crippen LogP contribution in [0.15, 0.2) is 24.8 Å². The van der Waals surface area contributed by atoms with Crippen LogP contribution in [0.2, 0.25) is 0 Å². The minimum absolute atomic E-state index is 0.127. The maximum atomic E-state index is 12.4. The third-order valence-corrected chi connectivity index (χ3v) is 6.92. The number of esters is 4. The summed E-state index contributed by atoms with van der Waals surface area (Å²) in [5.74, 6) is -3.18. The van der Waals surface area contributed by atoms with Crippen molar-refractivity contribution in [2.24, 2.45) is 16.7 Å². The molecule has 2 aliphatic carbocycles. The molecule has 0 aromatic rings. The van der Waals surface area contributed by atoms with E-state index in [0.717, 1.165) is 0 Å². The van der Waals surface area contributed by atoms with Gasteiger partial charge in [0, 0.05) is 19.0 Å². The number of ether oxygens (including phenoxy) is 6. The van der Waals surface area contributed by atoms with Gasteiger partial charge in [0.25, 0.3) is 0 Å². The fraction of sp³-hybridized carbons (Fsp3) is 0.643. The van der Waals surface area contributed by atoms with Crippen molar-refractivity contribution < 1.29 is 57.2 Å². The molecule has 2 saturated carbocycles. The first-order chi connectivity index (χ1) is 20.1. The molecule has 0 aliphatic heterocycles. The zero-order valence-electron chi connectivity index (χ0n) is 24.2. The summed E-state index contributed by atoms with van der Waals surface area (Å²) >= 11 is 0. The third-order valence-electron chi connectivity index (χ3n) is 6.92. The van der Waals surface area contributed by atoms with Crippen molar-refractivity contribution in [2.75, 3.05) is 52.7 Å². The lowest BCUT2D eigenvalue weighted by atomic mass is 9.65. The van der Waals surface area contributed by atoms with Gasteiger partial charge in [0.05, 0.1) is 13.2 Å². The summed E-state index contributed by atoms with van der Waals surface area (Å²) in [6.45, 7) is 10.6. The molecule has 0 aromatic heterocycles. The van der Waals surface area contributed by atoms with Gasteiger partial charge in [0.1, 0.15) is 26.4 Å². The van der Waals surface area contributed by atoms with Crippen LogP contribution in [-0.4, -0.2) is 88.8 Å². The number of rotatable bonds is 18. The normalized spacial score (nSPS) is 22.0. The van der Waals surface area contributed by atoms with E-state index in [2.05, 4.69) is 23.8 Å². The molecule has 0 heterocycles. The molecular formula is C28H40N2O12. The van der Waals surface area contributed by atoms with Gasteiger partial charge < -0.3 is 39.1 Å². The number of hydrogen-bond acceptors (Lipinski definition) is 12. The Morgan fingerprint density at radius 1 is 0.762 bits per heavy atom. The second kappa shape index (κ2) is 16.4. The number of alkyl carbamates (subject to hydrolysis) is 2. The number of nitrogens with one attached hydrogen (secondary N) is 2. The number of amides is 2. The van der Waals surface area contributed by atoms with E-state index in [4.69, 9.17) is 28.4 Å². The summed E-state index contributed by atoms with van der Waals surface area (Å²) in [7, 11) is 0. The molecule has 3 atom stereocenters. The molecule has 2 fully saturated rings. The van der Waals surface area contributed by atoms with Gasteiger partial charge in [0.15, 0.2) is 10.8 Å². The molecule has 2 aliphatic rings. The number of carbonyl (C=O) groups is 6. The van der Waals surface area contributed by atoms with Gasteiger partial charge in [-0.15, -0.1) is 6.58 Å². The SMILES string of the molecule is C=CC1CC1(C(=O)OCC)C(=O)OCCOC(=O)NCCCCNC(=O)OCCOC(=O)C1(C(=O)OCC)CCC1=C. The third kappa shape index (κ3) is 8.46. The van der Waals surface area contributed by atoms with Gasteiger partial charge in [-0.1, -0.05) is 12.7 Å². The summed E-state index contributed by atoms with van der Waals surface area (Å²) in [5.41, 5.74) is -2.41. The molecule has 2 amide bonds. The van der Waals surface area contributed by atoms with Crippen LogP contribution in [0.1, 0.15) is 46.0 Å². The predicted octanol–water partition coefficient (Wildman–Crippen LogP) is 1.96. The Morgan fingerprint density at radius 3 is 1.64 bits per heavy atom.